The van der Waals surface area contributed by atoms with Crippen LogP contribution in [0.2, 0.25) is 0 Å². The van der Waals surface area contributed by atoms with Crippen LogP contribution in [0.1, 0.15) is 20.3 Å². The third-order valence-corrected chi connectivity index (χ3v) is 1.19. The van der Waals surface area contributed by atoms with Crippen molar-refractivity contribution in [2.45, 2.75) is 20.3 Å². The molecule has 0 radical (unpaired) electrons. The molecule has 1 atom stereocenters. The van der Waals surface area contributed by atoms with E-state index in [1.54, 1.807) is 0 Å². The Morgan fingerprint density at radius 1 is 1.88 bits per heavy atom. The number of carbonyl (C=O) groups excluding carboxylic acids is 1. The Bertz CT molecular complexity index is 98.7. The lowest BCUT2D eigenvalue weighted by atomic mass is 10.1. The molecule has 0 aromatic heterocycles. The molecule has 0 aliphatic rings. The summed E-state index contributed by atoms with van der Waals surface area (Å²) in [5.74, 6) is -0.0556. The Morgan fingerprint density at radius 2 is 2.38 bits per heavy atom. The van der Waals surface area contributed by atoms with Crippen molar-refractivity contribution in [1.82, 2.24) is 0 Å². The Morgan fingerprint density at radius 3 is 2.50 bits per heavy atom. The molecule has 0 rings (SSSR count). The van der Waals surface area contributed by atoms with Gasteiger partial charge in [0, 0.05) is 5.92 Å². The van der Waals surface area contributed by atoms with E-state index in [0.29, 0.717) is 0 Å². The maximum atomic E-state index is 10.5. The van der Waals surface area contributed by atoms with Gasteiger partial charge in [-0.1, -0.05) is 13.8 Å². The molecule has 1 unspecified atom stereocenters. The standard InChI is InChI=1S/C6H11NO/c1-4-5(2)6(8)7-3/h5H,3-4H2,1-2H3. The number of hydrogen-bond acceptors (Lipinski definition) is 1. The van der Waals surface area contributed by atoms with E-state index in [9.17, 15) is 4.79 Å². The molecular weight excluding hydrogens is 102 g/mol. The van der Waals surface area contributed by atoms with Crippen LogP contribution in [-0.4, -0.2) is 12.6 Å². The Hall–Kier alpha value is -0.660. The monoisotopic (exact) mass is 113 g/mol. The van der Waals surface area contributed by atoms with Gasteiger partial charge in [-0.2, -0.15) is 0 Å². The Labute approximate surface area is 49.6 Å². The minimum atomic E-state index is -0.104. The molecule has 0 fully saturated rings. The van der Waals surface area contributed by atoms with E-state index < -0.39 is 0 Å². The summed E-state index contributed by atoms with van der Waals surface area (Å²) >= 11 is 0. The normalized spacial score (nSPS) is 12.8. The molecule has 46 valence electrons. The number of carbonyl (C=O) groups is 1. The molecule has 2 heteroatoms. The molecule has 0 saturated heterocycles. The van der Waals surface area contributed by atoms with Crippen molar-refractivity contribution in [2.24, 2.45) is 10.9 Å². The largest absolute Gasteiger partial charge is 0.272 e. The van der Waals surface area contributed by atoms with Crippen molar-refractivity contribution >= 4 is 12.6 Å². The molecule has 0 aromatic carbocycles. The van der Waals surface area contributed by atoms with Gasteiger partial charge in [0.2, 0.25) is 5.91 Å². The van der Waals surface area contributed by atoms with Gasteiger partial charge in [-0.15, -0.1) is 0 Å². The second-order valence-electron chi connectivity index (χ2n) is 1.81. The topological polar surface area (TPSA) is 29.4 Å². The molecule has 0 N–H and O–H groups in total. The Kier molecular flexibility index (Phi) is 3.08. The van der Waals surface area contributed by atoms with Crippen LogP contribution in [0.4, 0.5) is 0 Å². The van der Waals surface area contributed by atoms with Crippen molar-refractivity contribution < 1.29 is 4.79 Å². The highest BCUT2D eigenvalue weighted by Crippen LogP contribution is 2.00. The van der Waals surface area contributed by atoms with E-state index in [-0.39, 0.29) is 11.8 Å². The van der Waals surface area contributed by atoms with E-state index in [0.717, 1.165) is 6.42 Å². The molecule has 0 aliphatic heterocycles. The van der Waals surface area contributed by atoms with E-state index >= 15 is 0 Å². The summed E-state index contributed by atoms with van der Waals surface area (Å²) in [4.78, 5) is 13.8. The highest BCUT2D eigenvalue weighted by atomic mass is 16.1. The SMILES string of the molecule is C=NC(=O)C(C)CC. The van der Waals surface area contributed by atoms with Gasteiger partial charge in [0.1, 0.15) is 0 Å². The summed E-state index contributed by atoms with van der Waals surface area (Å²) in [6, 6.07) is 0. The molecule has 1 amide bonds. The van der Waals surface area contributed by atoms with Crippen LogP contribution in [0.5, 0.6) is 0 Å². The number of aliphatic imine (C=N–C) groups is 1. The maximum absolute atomic E-state index is 10.5. The second-order valence-corrected chi connectivity index (χ2v) is 1.81. The van der Waals surface area contributed by atoms with Crippen LogP contribution in [0, 0.1) is 5.92 Å². The smallest absolute Gasteiger partial charge is 0.247 e. The first-order valence-electron chi connectivity index (χ1n) is 2.73. The maximum Gasteiger partial charge on any atom is 0.247 e. The third kappa shape index (κ3) is 1.87. The molecular formula is C6H11NO. The number of hydrogen-bond donors (Lipinski definition) is 0. The van der Waals surface area contributed by atoms with Gasteiger partial charge >= 0.3 is 0 Å². The quantitative estimate of drug-likeness (QED) is 0.496. The number of rotatable bonds is 2. The van der Waals surface area contributed by atoms with Crippen molar-refractivity contribution in [3.05, 3.63) is 0 Å². The fourth-order valence-corrected chi connectivity index (χ4v) is 0.330. The summed E-state index contributed by atoms with van der Waals surface area (Å²) in [5, 5.41) is 0. The lowest BCUT2D eigenvalue weighted by Crippen LogP contribution is -2.04. The summed E-state index contributed by atoms with van der Waals surface area (Å²) in [7, 11) is 0. The predicted molar refractivity (Wildman–Crippen MR) is 34.0 cm³/mol. The van der Waals surface area contributed by atoms with Crippen molar-refractivity contribution in [1.29, 1.82) is 0 Å². The molecule has 0 aliphatic carbocycles. The first-order chi connectivity index (χ1) is 3.72. The summed E-state index contributed by atoms with van der Waals surface area (Å²) in [6.45, 7) is 6.93. The first-order valence-corrected chi connectivity index (χ1v) is 2.73. The zero-order valence-corrected chi connectivity index (χ0v) is 5.35. The van der Waals surface area contributed by atoms with E-state index in [2.05, 4.69) is 11.7 Å². The zero-order valence-electron chi connectivity index (χ0n) is 5.35. The third-order valence-electron chi connectivity index (χ3n) is 1.19. The van der Waals surface area contributed by atoms with E-state index in [4.69, 9.17) is 0 Å². The molecule has 2 nitrogen and oxygen atoms in total. The van der Waals surface area contributed by atoms with Gasteiger partial charge in [-0.3, -0.25) is 4.79 Å². The lowest BCUT2D eigenvalue weighted by Gasteiger charge is -1.98. The van der Waals surface area contributed by atoms with E-state index in [1.165, 1.54) is 0 Å². The summed E-state index contributed by atoms with van der Waals surface area (Å²) in [6.07, 6.45) is 0.845. The van der Waals surface area contributed by atoms with Crippen molar-refractivity contribution in [3.63, 3.8) is 0 Å². The first kappa shape index (κ1) is 7.34. The molecule has 0 heterocycles. The van der Waals surface area contributed by atoms with Crippen LogP contribution in [0.3, 0.4) is 0 Å². The molecule has 0 aromatic rings. The fraction of sp³-hybridized carbons (Fsp3) is 0.667. The molecule has 0 bridgehead atoms. The van der Waals surface area contributed by atoms with Gasteiger partial charge in [-0.05, 0) is 13.1 Å². The second kappa shape index (κ2) is 3.36. The van der Waals surface area contributed by atoms with Crippen LogP contribution in [-0.2, 0) is 4.79 Å². The van der Waals surface area contributed by atoms with Crippen LogP contribution >= 0.6 is 0 Å². The predicted octanol–water partition coefficient (Wildman–Crippen LogP) is 1.26. The molecule has 0 spiro atoms. The van der Waals surface area contributed by atoms with Gasteiger partial charge in [0.05, 0.1) is 0 Å². The fourth-order valence-electron chi connectivity index (χ4n) is 0.330. The van der Waals surface area contributed by atoms with Crippen molar-refractivity contribution in [2.75, 3.05) is 0 Å². The molecule has 8 heavy (non-hydrogen) atoms. The number of amides is 1. The van der Waals surface area contributed by atoms with E-state index in [1.807, 2.05) is 13.8 Å². The summed E-state index contributed by atoms with van der Waals surface area (Å²) < 4.78 is 0. The van der Waals surface area contributed by atoms with Gasteiger partial charge in [0.15, 0.2) is 0 Å². The Balaban J connectivity index is 3.62. The summed E-state index contributed by atoms with van der Waals surface area (Å²) in [5.41, 5.74) is 0. The van der Waals surface area contributed by atoms with Crippen LogP contribution < -0.4 is 0 Å². The zero-order chi connectivity index (χ0) is 6.57. The highest BCUT2D eigenvalue weighted by Gasteiger charge is 2.05. The van der Waals surface area contributed by atoms with Gasteiger partial charge in [0.25, 0.3) is 0 Å². The lowest BCUT2D eigenvalue weighted by molar-refractivity contribution is -0.121. The van der Waals surface area contributed by atoms with Gasteiger partial charge in [-0.25, -0.2) is 4.99 Å². The molecule has 0 saturated carbocycles. The highest BCUT2D eigenvalue weighted by molar-refractivity contribution is 5.82. The van der Waals surface area contributed by atoms with Crippen LogP contribution in [0.15, 0.2) is 4.99 Å². The van der Waals surface area contributed by atoms with Gasteiger partial charge < -0.3 is 0 Å². The minimum absolute atomic E-state index is 0.0486. The minimum Gasteiger partial charge on any atom is -0.272 e. The average molecular weight is 113 g/mol. The van der Waals surface area contributed by atoms with Crippen LogP contribution in [0.25, 0.3) is 0 Å². The average Bonchev–Trinajstić information content (AvgIpc) is 1.84. The number of nitrogens with zero attached hydrogens (tertiary/aromatic N) is 1. The van der Waals surface area contributed by atoms with Crippen molar-refractivity contribution in [3.8, 4) is 0 Å².